The number of nitrogens with zero attached hydrogens (tertiary/aromatic N) is 2. The molecule has 0 aliphatic rings. The standard InChI is InChI=1S/C23H27N3O6S/c1-4-31-19-10-12-22(21(16-19)32-5-2)33(28,29)24-14-15-26-23(27)13-11-20(25-26)17-6-8-18(30-3)9-7-17/h6-13,16,24H,4-5,14-15H2,1-3H3. The van der Waals surface area contributed by atoms with Crippen LogP contribution in [0.1, 0.15) is 13.8 Å². The van der Waals surface area contributed by atoms with E-state index in [0.717, 1.165) is 5.56 Å². The van der Waals surface area contributed by atoms with Crippen LogP contribution >= 0.6 is 0 Å². The molecule has 1 heterocycles. The van der Waals surface area contributed by atoms with Gasteiger partial charge in [-0.2, -0.15) is 5.10 Å². The lowest BCUT2D eigenvalue weighted by molar-refractivity contribution is 0.317. The van der Waals surface area contributed by atoms with Gasteiger partial charge in [0, 0.05) is 24.2 Å². The molecular weight excluding hydrogens is 446 g/mol. The maximum absolute atomic E-state index is 12.9. The molecule has 3 rings (SSSR count). The van der Waals surface area contributed by atoms with Crippen molar-refractivity contribution in [2.45, 2.75) is 25.3 Å². The maximum Gasteiger partial charge on any atom is 0.266 e. The van der Waals surface area contributed by atoms with Crippen LogP contribution in [0.25, 0.3) is 11.3 Å². The Bertz CT molecular complexity index is 1240. The highest BCUT2D eigenvalue weighted by Crippen LogP contribution is 2.28. The first-order valence-corrected chi connectivity index (χ1v) is 12.0. The van der Waals surface area contributed by atoms with Crippen molar-refractivity contribution in [1.29, 1.82) is 0 Å². The topological polar surface area (TPSA) is 109 Å². The molecule has 0 spiro atoms. The summed E-state index contributed by atoms with van der Waals surface area (Å²) in [6.07, 6.45) is 0. The summed E-state index contributed by atoms with van der Waals surface area (Å²) in [4.78, 5) is 12.2. The molecule has 0 saturated carbocycles. The molecule has 0 amide bonds. The number of benzene rings is 2. The van der Waals surface area contributed by atoms with Crippen LogP contribution in [0, 0.1) is 0 Å². The molecule has 0 saturated heterocycles. The highest BCUT2D eigenvalue weighted by atomic mass is 32.2. The zero-order valence-corrected chi connectivity index (χ0v) is 19.6. The van der Waals surface area contributed by atoms with Gasteiger partial charge in [-0.3, -0.25) is 4.79 Å². The molecule has 2 aromatic carbocycles. The third-order valence-corrected chi connectivity index (χ3v) is 6.18. The van der Waals surface area contributed by atoms with Crippen LogP contribution in [0.2, 0.25) is 0 Å². The van der Waals surface area contributed by atoms with E-state index in [1.165, 1.54) is 16.8 Å². The van der Waals surface area contributed by atoms with Gasteiger partial charge >= 0.3 is 0 Å². The van der Waals surface area contributed by atoms with E-state index in [9.17, 15) is 13.2 Å². The Kier molecular flexibility index (Phi) is 8.07. The Labute approximate surface area is 193 Å². The van der Waals surface area contributed by atoms with Crippen LogP contribution in [-0.4, -0.2) is 45.1 Å². The fourth-order valence-electron chi connectivity index (χ4n) is 3.12. The van der Waals surface area contributed by atoms with Crippen molar-refractivity contribution < 1.29 is 22.6 Å². The van der Waals surface area contributed by atoms with Crippen molar-refractivity contribution in [3.63, 3.8) is 0 Å². The van der Waals surface area contributed by atoms with E-state index in [0.29, 0.717) is 30.4 Å². The zero-order valence-electron chi connectivity index (χ0n) is 18.8. The first kappa shape index (κ1) is 24.3. The van der Waals surface area contributed by atoms with Crippen molar-refractivity contribution >= 4 is 10.0 Å². The van der Waals surface area contributed by atoms with Gasteiger partial charge < -0.3 is 14.2 Å². The zero-order chi connectivity index (χ0) is 23.8. The summed E-state index contributed by atoms with van der Waals surface area (Å²) in [6.45, 7) is 4.39. The van der Waals surface area contributed by atoms with Gasteiger partial charge in [0.25, 0.3) is 5.56 Å². The van der Waals surface area contributed by atoms with Crippen molar-refractivity contribution in [2.24, 2.45) is 0 Å². The fourth-order valence-corrected chi connectivity index (χ4v) is 4.27. The molecule has 9 nitrogen and oxygen atoms in total. The molecule has 33 heavy (non-hydrogen) atoms. The van der Waals surface area contributed by atoms with E-state index in [-0.39, 0.29) is 29.3 Å². The summed E-state index contributed by atoms with van der Waals surface area (Å²) in [5.74, 6) is 1.43. The van der Waals surface area contributed by atoms with Crippen LogP contribution < -0.4 is 24.5 Å². The van der Waals surface area contributed by atoms with Crippen LogP contribution in [0.5, 0.6) is 17.2 Å². The Balaban J connectivity index is 1.74. The number of hydrogen-bond acceptors (Lipinski definition) is 7. The lowest BCUT2D eigenvalue weighted by Crippen LogP contribution is -2.32. The summed E-state index contributed by atoms with van der Waals surface area (Å²) in [7, 11) is -2.30. The summed E-state index contributed by atoms with van der Waals surface area (Å²) >= 11 is 0. The lowest BCUT2D eigenvalue weighted by Gasteiger charge is -2.14. The Hall–Kier alpha value is -3.37. The van der Waals surface area contributed by atoms with Crippen LogP contribution in [0.15, 0.2) is 64.3 Å². The number of hydrogen-bond donors (Lipinski definition) is 1. The first-order chi connectivity index (χ1) is 15.9. The number of methoxy groups -OCH3 is 1. The lowest BCUT2D eigenvalue weighted by atomic mass is 10.1. The second kappa shape index (κ2) is 11.0. The molecule has 0 atom stereocenters. The normalized spacial score (nSPS) is 11.2. The maximum atomic E-state index is 12.9. The minimum absolute atomic E-state index is 0.0000859. The molecule has 0 fully saturated rings. The smallest absolute Gasteiger partial charge is 0.266 e. The first-order valence-electron chi connectivity index (χ1n) is 10.5. The van der Waals surface area contributed by atoms with Crippen LogP contribution in [0.4, 0.5) is 0 Å². The van der Waals surface area contributed by atoms with E-state index in [1.54, 1.807) is 44.4 Å². The molecule has 0 bridgehead atoms. The van der Waals surface area contributed by atoms with E-state index >= 15 is 0 Å². The molecule has 1 N–H and O–H groups in total. The molecule has 1 aromatic heterocycles. The summed E-state index contributed by atoms with van der Waals surface area (Å²) < 4.78 is 45.6. The molecular formula is C23H27N3O6S. The average molecular weight is 474 g/mol. The molecule has 0 unspecified atom stereocenters. The van der Waals surface area contributed by atoms with Gasteiger partial charge in [-0.05, 0) is 56.3 Å². The number of ether oxygens (including phenoxy) is 3. The number of rotatable bonds is 11. The van der Waals surface area contributed by atoms with E-state index < -0.39 is 10.0 Å². The summed E-state index contributed by atoms with van der Waals surface area (Å²) in [5.41, 5.74) is 1.06. The van der Waals surface area contributed by atoms with E-state index in [1.807, 2.05) is 19.1 Å². The van der Waals surface area contributed by atoms with Gasteiger partial charge in [0.1, 0.15) is 22.1 Å². The summed E-state index contributed by atoms with van der Waals surface area (Å²) in [5, 5.41) is 4.36. The predicted octanol–water partition coefficient (Wildman–Crippen LogP) is 2.69. The number of nitrogens with one attached hydrogen (secondary N) is 1. The highest BCUT2D eigenvalue weighted by Gasteiger charge is 2.20. The van der Waals surface area contributed by atoms with Crippen molar-refractivity contribution in [2.75, 3.05) is 26.9 Å². The van der Waals surface area contributed by atoms with Crippen molar-refractivity contribution in [3.8, 4) is 28.5 Å². The third kappa shape index (κ3) is 6.11. The number of aromatic nitrogens is 2. The van der Waals surface area contributed by atoms with Gasteiger partial charge in [-0.1, -0.05) is 0 Å². The molecule has 176 valence electrons. The van der Waals surface area contributed by atoms with Gasteiger partial charge in [0.15, 0.2) is 0 Å². The average Bonchev–Trinajstić information content (AvgIpc) is 2.81. The minimum Gasteiger partial charge on any atom is -0.497 e. The fraction of sp³-hybridized carbons (Fsp3) is 0.304. The van der Waals surface area contributed by atoms with E-state index in [4.69, 9.17) is 14.2 Å². The second-order valence-electron chi connectivity index (χ2n) is 6.88. The molecule has 0 aliphatic heterocycles. The van der Waals surface area contributed by atoms with Gasteiger partial charge in [0.05, 0.1) is 32.6 Å². The van der Waals surface area contributed by atoms with Gasteiger partial charge in [-0.25, -0.2) is 17.8 Å². The molecule has 3 aromatic rings. The highest BCUT2D eigenvalue weighted by molar-refractivity contribution is 7.89. The van der Waals surface area contributed by atoms with Crippen LogP contribution in [-0.2, 0) is 16.6 Å². The van der Waals surface area contributed by atoms with Crippen LogP contribution in [0.3, 0.4) is 0 Å². The van der Waals surface area contributed by atoms with Crippen molar-refractivity contribution in [3.05, 3.63) is 65.0 Å². The Morgan fingerprint density at radius 1 is 0.939 bits per heavy atom. The SMILES string of the molecule is CCOc1ccc(S(=O)(=O)NCCn2nc(-c3ccc(OC)cc3)ccc2=O)c(OCC)c1. The molecule has 10 heteroatoms. The van der Waals surface area contributed by atoms with Gasteiger partial charge in [0.2, 0.25) is 10.0 Å². The Morgan fingerprint density at radius 2 is 1.64 bits per heavy atom. The third-order valence-electron chi connectivity index (χ3n) is 4.68. The van der Waals surface area contributed by atoms with E-state index in [2.05, 4.69) is 9.82 Å². The summed E-state index contributed by atoms with van der Waals surface area (Å²) in [6, 6.07) is 14.9. The molecule has 0 aliphatic carbocycles. The Morgan fingerprint density at radius 3 is 2.30 bits per heavy atom. The second-order valence-corrected chi connectivity index (χ2v) is 8.62. The van der Waals surface area contributed by atoms with Gasteiger partial charge in [-0.15, -0.1) is 0 Å². The molecule has 0 radical (unpaired) electrons. The quantitative estimate of drug-likeness (QED) is 0.456. The largest absolute Gasteiger partial charge is 0.497 e. The monoisotopic (exact) mass is 473 g/mol. The number of sulfonamides is 1. The predicted molar refractivity (Wildman–Crippen MR) is 124 cm³/mol. The minimum atomic E-state index is -3.89. The van der Waals surface area contributed by atoms with Crippen molar-refractivity contribution in [1.82, 2.24) is 14.5 Å².